The van der Waals surface area contributed by atoms with Crippen molar-refractivity contribution in [1.29, 1.82) is 0 Å². The predicted octanol–water partition coefficient (Wildman–Crippen LogP) is 2.59. The van der Waals surface area contributed by atoms with Crippen LogP contribution in [-0.4, -0.2) is 42.9 Å². The number of carboxylic acids is 1. The first kappa shape index (κ1) is 20.2. The Morgan fingerprint density at radius 1 is 1.14 bits per heavy atom. The van der Waals surface area contributed by atoms with Gasteiger partial charge in [-0.25, -0.2) is 12.7 Å². The van der Waals surface area contributed by atoms with Gasteiger partial charge in [-0.2, -0.15) is 0 Å². The number of sulfonamides is 1. The summed E-state index contributed by atoms with van der Waals surface area (Å²) >= 11 is 5.96. The van der Waals surface area contributed by atoms with Gasteiger partial charge >= 0.3 is 5.97 Å². The summed E-state index contributed by atoms with van der Waals surface area (Å²) in [4.78, 5) is 29.2. The Morgan fingerprint density at radius 2 is 1.79 bits per heavy atom. The third-order valence-corrected chi connectivity index (χ3v) is 7.41. The molecule has 0 aliphatic carbocycles. The molecule has 146 valence electrons. The van der Waals surface area contributed by atoms with Crippen LogP contribution in [0.5, 0.6) is 0 Å². The average molecular weight is 421 g/mol. The van der Waals surface area contributed by atoms with Gasteiger partial charge in [-0.3, -0.25) is 14.6 Å². The van der Waals surface area contributed by atoms with Crippen molar-refractivity contribution in [1.82, 2.24) is 9.29 Å². The zero-order valence-corrected chi connectivity index (χ0v) is 16.9. The molecule has 1 aromatic heterocycles. The first-order valence-corrected chi connectivity index (χ1v) is 10.00. The number of halogens is 1. The summed E-state index contributed by atoms with van der Waals surface area (Å²) in [5.74, 6) is -1.54. The molecule has 0 saturated carbocycles. The van der Waals surface area contributed by atoms with E-state index in [9.17, 15) is 23.1 Å². The molecule has 3 aromatic rings. The van der Waals surface area contributed by atoms with Crippen LogP contribution in [0.25, 0.3) is 21.7 Å². The maximum Gasteiger partial charge on any atom is 0.330 e. The van der Waals surface area contributed by atoms with Crippen LogP contribution in [0, 0.1) is 0 Å². The molecule has 1 heterocycles. The van der Waals surface area contributed by atoms with Gasteiger partial charge in [-0.15, -0.1) is 0 Å². The van der Waals surface area contributed by atoms with Crippen LogP contribution < -0.4 is 5.43 Å². The summed E-state index contributed by atoms with van der Waals surface area (Å²) < 4.78 is 24.1. The highest BCUT2D eigenvalue weighted by molar-refractivity contribution is 7.90. The topological polar surface area (TPSA) is 105 Å². The number of hydrogen-bond donors (Lipinski definition) is 1. The van der Waals surface area contributed by atoms with Crippen LogP contribution in [-0.2, 0) is 19.6 Å². The lowest BCUT2D eigenvalue weighted by atomic mass is 9.97. The number of aliphatic carboxylic acids is 1. The highest BCUT2D eigenvalue weighted by atomic mass is 35.5. The summed E-state index contributed by atoms with van der Waals surface area (Å²) in [6, 6.07) is 9.05. The Balaban J connectivity index is 2.44. The minimum absolute atomic E-state index is 0.0207. The van der Waals surface area contributed by atoms with Crippen molar-refractivity contribution in [3.63, 3.8) is 0 Å². The summed E-state index contributed by atoms with van der Waals surface area (Å²) in [7, 11) is -1.72. The van der Waals surface area contributed by atoms with Gasteiger partial charge in [0.1, 0.15) is 0 Å². The molecule has 0 radical (unpaired) electrons. The Labute approximate surface area is 166 Å². The molecule has 0 aliphatic heterocycles. The van der Waals surface area contributed by atoms with Crippen molar-refractivity contribution in [2.75, 3.05) is 14.1 Å². The second kappa shape index (κ2) is 6.80. The first-order chi connectivity index (χ1) is 13.0. The summed E-state index contributed by atoms with van der Waals surface area (Å²) in [5, 5.41) is 11.0. The summed E-state index contributed by atoms with van der Waals surface area (Å²) in [5.41, 5.74) is -0.0106. The smallest absolute Gasteiger partial charge is 0.330 e. The lowest BCUT2D eigenvalue weighted by Gasteiger charge is -2.28. The molecule has 1 unspecified atom stereocenters. The van der Waals surface area contributed by atoms with E-state index in [0.29, 0.717) is 10.9 Å². The lowest BCUT2D eigenvalue weighted by molar-refractivity contribution is -0.140. The fourth-order valence-corrected chi connectivity index (χ4v) is 4.55. The third-order valence-electron chi connectivity index (χ3n) is 4.80. The average Bonchev–Trinajstić information content (AvgIpc) is 2.77. The molecule has 0 spiro atoms. The van der Waals surface area contributed by atoms with Crippen LogP contribution in [0.3, 0.4) is 0 Å². The van der Waals surface area contributed by atoms with Gasteiger partial charge in [-0.05, 0) is 36.1 Å². The normalized spacial score (nSPS) is 14.3. The predicted molar refractivity (Wildman–Crippen MR) is 108 cm³/mol. The zero-order valence-electron chi connectivity index (χ0n) is 15.3. The molecule has 7 nitrogen and oxygen atoms in total. The Kier molecular flexibility index (Phi) is 4.91. The van der Waals surface area contributed by atoms with Crippen molar-refractivity contribution >= 4 is 49.3 Å². The van der Waals surface area contributed by atoms with Gasteiger partial charge in [-0.1, -0.05) is 29.8 Å². The number of nitrogens with zero attached hydrogens (tertiary/aromatic N) is 2. The second-order valence-electron chi connectivity index (χ2n) is 6.68. The van der Waals surface area contributed by atoms with Crippen LogP contribution >= 0.6 is 11.6 Å². The van der Waals surface area contributed by atoms with Gasteiger partial charge in [0.05, 0.1) is 10.5 Å². The van der Waals surface area contributed by atoms with Crippen LogP contribution in [0.15, 0.2) is 47.4 Å². The molecule has 1 atom stereocenters. The van der Waals surface area contributed by atoms with Crippen LogP contribution in [0.2, 0.25) is 5.02 Å². The fraction of sp³-hybridized carbons (Fsp3) is 0.211. The van der Waals surface area contributed by atoms with Crippen LogP contribution in [0.4, 0.5) is 0 Å². The van der Waals surface area contributed by atoms with Crippen molar-refractivity contribution in [3.8, 4) is 0 Å². The van der Waals surface area contributed by atoms with E-state index in [2.05, 4.69) is 4.98 Å². The summed E-state index contributed by atoms with van der Waals surface area (Å²) in [6.45, 7) is 1.11. The number of benzene rings is 1. The number of aromatic nitrogens is 1. The van der Waals surface area contributed by atoms with Crippen LogP contribution in [0.1, 0.15) is 12.5 Å². The van der Waals surface area contributed by atoms with Crippen molar-refractivity contribution in [2.45, 2.75) is 11.7 Å². The van der Waals surface area contributed by atoms with Gasteiger partial charge in [0, 0.05) is 31.1 Å². The molecular formula is C19H17ClN2O5S. The van der Waals surface area contributed by atoms with Gasteiger partial charge < -0.3 is 5.11 Å². The molecule has 0 amide bonds. The highest BCUT2D eigenvalue weighted by Crippen LogP contribution is 2.34. The lowest BCUT2D eigenvalue weighted by Crippen LogP contribution is -2.47. The molecule has 3 rings (SSSR count). The number of hydrogen-bond acceptors (Lipinski definition) is 5. The van der Waals surface area contributed by atoms with E-state index in [4.69, 9.17) is 11.6 Å². The number of pyridine rings is 1. The van der Waals surface area contributed by atoms with E-state index in [1.807, 2.05) is 0 Å². The van der Waals surface area contributed by atoms with Crippen molar-refractivity contribution in [3.05, 3.63) is 63.4 Å². The molecule has 1 N–H and O–H groups in total. The zero-order chi connectivity index (χ0) is 20.9. The molecule has 9 heteroatoms. The highest BCUT2D eigenvalue weighted by Gasteiger charge is 2.49. The second-order valence-corrected chi connectivity index (χ2v) is 9.61. The van der Waals surface area contributed by atoms with E-state index in [1.54, 1.807) is 12.1 Å². The van der Waals surface area contributed by atoms with E-state index < -0.39 is 26.2 Å². The fourth-order valence-electron chi connectivity index (χ4n) is 3.02. The molecule has 28 heavy (non-hydrogen) atoms. The Bertz CT molecular complexity index is 1290. The molecule has 0 saturated heterocycles. The molecule has 0 aliphatic rings. The van der Waals surface area contributed by atoms with E-state index in [-0.39, 0.29) is 21.4 Å². The molecular weight excluding hydrogens is 404 g/mol. The third kappa shape index (κ3) is 2.94. The monoisotopic (exact) mass is 420 g/mol. The van der Waals surface area contributed by atoms with Crippen molar-refractivity contribution in [2.24, 2.45) is 0 Å². The number of fused-ring (bicyclic) bond motifs is 2. The molecule has 0 bridgehead atoms. The minimum atomic E-state index is -4.24. The van der Waals surface area contributed by atoms with Gasteiger partial charge in [0.25, 0.3) is 0 Å². The van der Waals surface area contributed by atoms with E-state index in [1.165, 1.54) is 44.6 Å². The molecule has 0 fully saturated rings. The van der Waals surface area contributed by atoms with Crippen molar-refractivity contribution < 1.29 is 18.3 Å². The molecule has 2 aromatic carbocycles. The van der Waals surface area contributed by atoms with Gasteiger partial charge in [0.2, 0.25) is 14.8 Å². The maximum atomic E-state index is 13.1. The van der Waals surface area contributed by atoms with Gasteiger partial charge in [0.15, 0.2) is 5.43 Å². The minimum Gasteiger partial charge on any atom is -0.480 e. The summed E-state index contributed by atoms with van der Waals surface area (Å²) in [6.07, 6.45) is 1.42. The van der Waals surface area contributed by atoms with E-state index >= 15 is 0 Å². The largest absolute Gasteiger partial charge is 0.480 e. The first-order valence-electron chi connectivity index (χ1n) is 8.18. The Morgan fingerprint density at radius 3 is 2.39 bits per heavy atom. The number of carbonyl (C=O) groups is 1. The number of carboxylic acid groups (broad SMARTS) is 1. The SMILES string of the molecule is CN(C)S(=O)(=O)C(C)(C(=O)O)c1ccc2ccc3ncc(Cl)cc3c(=O)c2c1. The van der Waals surface area contributed by atoms with E-state index in [0.717, 1.165) is 11.2 Å². The standard InChI is InChI=1S/C19H17ClN2O5S/c1-19(18(24)25,28(26,27)22(2)3)12-6-4-11-5-7-16-15(9-13(20)10-21-16)17(23)14(11)8-12/h4-10H,1-3H3,(H,24,25). The maximum absolute atomic E-state index is 13.1. The quantitative estimate of drug-likeness (QED) is 0.695. The Hall–Kier alpha value is -2.55. The number of rotatable bonds is 4.